The zero-order chi connectivity index (χ0) is 15.8. The van der Waals surface area contributed by atoms with Crippen LogP contribution in [-0.4, -0.2) is 28.8 Å². The third kappa shape index (κ3) is 3.06. The largest absolute Gasteiger partial charge is 0.478 e. The highest BCUT2D eigenvalue weighted by Gasteiger charge is 2.64. The first-order valence-electron chi connectivity index (χ1n) is 5.83. The number of hydrogen-bond donors (Lipinski definition) is 3. The van der Waals surface area contributed by atoms with Crippen LogP contribution in [0.2, 0.25) is 0 Å². The Morgan fingerprint density at radius 2 is 1.86 bits per heavy atom. The van der Waals surface area contributed by atoms with E-state index in [1.165, 1.54) is 0 Å². The lowest BCUT2D eigenvalue weighted by Gasteiger charge is -2.21. The van der Waals surface area contributed by atoms with Gasteiger partial charge in [0.05, 0.1) is 11.3 Å². The second kappa shape index (κ2) is 4.90. The number of carbonyl (C=O) groups excluding carboxylic acids is 1. The number of aromatic carboxylic acids is 1. The van der Waals surface area contributed by atoms with Crippen LogP contribution in [0.5, 0.6) is 0 Å². The van der Waals surface area contributed by atoms with Gasteiger partial charge in [0.25, 0.3) is 0 Å². The van der Waals surface area contributed by atoms with Crippen LogP contribution >= 0.6 is 0 Å². The van der Waals surface area contributed by atoms with E-state index in [2.05, 4.69) is 0 Å². The van der Waals surface area contributed by atoms with Crippen LogP contribution in [0.15, 0.2) is 18.2 Å². The lowest BCUT2D eigenvalue weighted by Crippen LogP contribution is -2.49. The van der Waals surface area contributed by atoms with Crippen LogP contribution in [0.25, 0.3) is 0 Å². The van der Waals surface area contributed by atoms with Gasteiger partial charge < -0.3 is 15.7 Å². The zero-order valence-corrected chi connectivity index (χ0v) is 10.4. The van der Waals surface area contributed by atoms with Crippen LogP contribution in [-0.2, 0) is 0 Å². The van der Waals surface area contributed by atoms with E-state index in [-0.39, 0.29) is 18.4 Å². The van der Waals surface area contributed by atoms with Crippen molar-refractivity contribution in [2.45, 2.75) is 24.6 Å². The first-order chi connectivity index (χ1) is 9.64. The maximum atomic E-state index is 13.4. The molecule has 1 aromatic rings. The number of alkyl halides is 3. The normalized spacial score (nSPS) is 16.2. The molecule has 1 aliphatic rings. The summed E-state index contributed by atoms with van der Waals surface area (Å²) in [4.78, 5) is 22.2. The van der Waals surface area contributed by atoms with Gasteiger partial charge in [0.1, 0.15) is 11.4 Å². The number of amides is 2. The molecule has 0 atom stereocenters. The summed E-state index contributed by atoms with van der Waals surface area (Å²) in [7, 11) is 0. The molecule has 2 amide bonds. The van der Waals surface area contributed by atoms with Crippen molar-refractivity contribution in [2.24, 2.45) is 0 Å². The van der Waals surface area contributed by atoms with Crippen LogP contribution in [0.3, 0.4) is 0 Å². The SMILES string of the molecule is O=C(Nc1cc(C(=O)O)ccc1F)NC1(C(F)(F)F)CC1. The molecule has 2 rings (SSSR count). The average molecular weight is 306 g/mol. The Kier molecular flexibility index (Phi) is 3.52. The second-order valence-corrected chi connectivity index (χ2v) is 4.66. The number of rotatable bonds is 3. The quantitative estimate of drug-likeness (QED) is 0.751. The number of halogens is 4. The first kappa shape index (κ1) is 15.1. The number of anilines is 1. The van der Waals surface area contributed by atoms with E-state index >= 15 is 0 Å². The summed E-state index contributed by atoms with van der Waals surface area (Å²) in [6, 6.07) is 1.35. The minimum Gasteiger partial charge on any atom is -0.478 e. The molecule has 0 heterocycles. The number of hydrogen-bond acceptors (Lipinski definition) is 2. The number of carbonyl (C=O) groups is 2. The third-order valence-electron chi connectivity index (χ3n) is 3.11. The molecule has 0 aromatic heterocycles. The number of benzene rings is 1. The molecular weight excluding hydrogens is 296 g/mol. The van der Waals surface area contributed by atoms with E-state index in [4.69, 9.17) is 5.11 Å². The Labute approximate surface area is 115 Å². The fourth-order valence-electron chi connectivity index (χ4n) is 1.73. The summed E-state index contributed by atoms with van der Waals surface area (Å²) in [5.41, 5.74) is -3.09. The van der Waals surface area contributed by atoms with Crippen molar-refractivity contribution in [3.63, 3.8) is 0 Å². The van der Waals surface area contributed by atoms with Crippen molar-refractivity contribution in [2.75, 3.05) is 5.32 Å². The summed E-state index contributed by atoms with van der Waals surface area (Å²) >= 11 is 0. The molecule has 1 aliphatic carbocycles. The fourth-order valence-corrected chi connectivity index (χ4v) is 1.73. The van der Waals surface area contributed by atoms with Gasteiger partial charge in [0, 0.05) is 0 Å². The fraction of sp³-hybridized carbons (Fsp3) is 0.333. The van der Waals surface area contributed by atoms with Gasteiger partial charge in [0.15, 0.2) is 0 Å². The lowest BCUT2D eigenvalue weighted by molar-refractivity contribution is -0.162. The van der Waals surface area contributed by atoms with E-state index in [9.17, 15) is 27.2 Å². The Morgan fingerprint density at radius 3 is 2.33 bits per heavy atom. The lowest BCUT2D eigenvalue weighted by atomic mass is 10.2. The molecule has 0 saturated heterocycles. The number of carboxylic acid groups (broad SMARTS) is 1. The molecule has 9 heteroatoms. The highest BCUT2D eigenvalue weighted by molar-refractivity contribution is 5.93. The molecule has 0 bridgehead atoms. The summed E-state index contributed by atoms with van der Waals surface area (Å²) in [6.07, 6.45) is -5.09. The summed E-state index contributed by atoms with van der Waals surface area (Å²) in [5.74, 6) is -2.31. The monoisotopic (exact) mass is 306 g/mol. The average Bonchev–Trinajstić information content (AvgIpc) is 3.11. The highest BCUT2D eigenvalue weighted by atomic mass is 19.4. The molecule has 0 radical (unpaired) electrons. The predicted molar refractivity (Wildman–Crippen MR) is 63.5 cm³/mol. The van der Waals surface area contributed by atoms with Gasteiger partial charge in [0.2, 0.25) is 0 Å². The molecule has 1 fully saturated rings. The second-order valence-electron chi connectivity index (χ2n) is 4.66. The standard InChI is InChI=1S/C12H10F4N2O3/c13-7-2-1-6(9(19)20)5-8(7)17-10(21)18-11(3-4-11)12(14,15)16/h1-2,5H,3-4H2,(H,19,20)(H2,17,18,21). The minimum atomic E-state index is -4.59. The van der Waals surface area contributed by atoms with Gasteiger partial charge in [-0.2, -0.15) is 13.2 Å². The van der Waals surface area contributed by atoms with E-state index in [1.807, 2.05) is 5.32 Å². The number of urea groups is 1. The molecule has 0 aliphatic heterocycles. The molecule has 3 N–H and O–H groups in total. The smallest absolute Gasteiger partial charge is 0.411 e. The van der Waals surface area contributed by atoms with Crippen molar-refractivity contribution in [3.05, 3.63) is 29.6 Å². The van der Waals surface area contributed by atoms with E-state index in [0.29, 0.717) is 0 Å². The van der Waals surface area contributed by atoms with Crippen LogP contribution in [0, 0.1) is 5.82 Å². The molecule has 114 valence electrons. The van der Waals surface area contributed by atoms with Gasteiger partial charge in [-0.3, -0.25) is 0 Å². The van der Waals surface area contributed by atoms with E-state index in [1.54, 1.807) is 5.32 Å². The van der Waals surface area contributed by atoms with Crippen molar-refractivity contribution in [1.82, 2.24) is 5.32 Å². The van der Waals surface area contributed by atoms with E-state index < -0.39 is 35.2 Å². The molecule has 1 saturated carbocycles. The Hall–Kier alpha value is -2.32. The Bertz CT molecular complexity index is 597. The van der Waals surface area contributed by atoms with E-state index in [0.717, 1.165) is 18.2 Å². The molecule has 5 nitrogen and oxygen atoms in total. The van der Waals surface area contributed by atoms with Gasteiger partial charge in [-0.1, -0.05) is 0 Å². The van der Waals surface area contributed by atoms with Gasteiger partial charge in [-0.05, 0) is 31.0 Å². The van der Waals surface area contributed by atoms with Crippen LogP contribution in [0.1, 0.15) is 23.2 Å². The van der Waals surface area contributed by atoms with Crippen molar-refractivity contribution < 1.29 is 32.3 Å². The number of nitrogens with one attached hydrogen (secondary N) is 2. The summed E-state index contributed by atoms with van der Waals surface area (Å²) in [5, 5.41) is 12.4. The molecule has 21 heavy (non-hydrogen) atoms. The molecule has 1 aromatic carbocycles. The zero-order valence-electron chi connectivity index (χ0n) is 10.4. The summed E-state index contributed by atoms with van der Waals surface area (Å²) in [6.45, 7) is 0. The molecular formula is C12H10F4N2O3. The predicted octanol–water partition coefficient (Wildman–Crippen LogP) is 2.74. The Balaban J connectivity index is 2.10. The molecule has 0 spiro atoms. The van der Waals surface area contributed by atoms with Crippen molar-refractivity contribution in [1.29, 1.82) is 0 Å². The minimum absolute atomic E-state index is 0.248. The highest BCUT2D eigenvalue weighted by Crippen LogP contribution is 2.48. The number of carboxylic acids is 1. The summed E-state index contributed by atoms with van der Waals surface area (Å²) < 4.78 is 51.4. The maximum absolute atomic E-state index is 13.4. The van der Waals surface area contributed by atoms with Crippen molar-refractivity contribution in [3.8, 4) is 0 Å². The maximum Gasteiger partial charge on any atom is 0.411 e. The first-order valence-corrected chi connectivity index (χ1v) is 5.83. The van der Waals surface area contributed by atoms with Crippen LogP contribution in [0.4, 0.5) is 28.0 Å². The van der Waals surface area contributed by atoms with Gasteiger partial charge in [-0.15, -0.1) is 0 Å². The molecule has 0 unspecified atom stereocenters. The Morgan fingerprint density at radius 1 is 1.24 bits per heavy atom. The van der Waals surface area contributed by atoms with Crippen molar-refractivity contribution >= 4 is 17.7 Å². The third-order valence-corrected chi connectivity index (χ3v) is 3.11. The topological polar surface area (TPSA) is 78.4 Å². The van der Waals surface area contributed by atoms with Crippen LogP contribution < -0.4 is 10.6 Å². The van der Waals surface area contributed by atoms with Gasteiger partial charge >= 0.3 is 18.2 Å². The van der Waals surface area contributed by atoms with Gasteiger partial charge in [-0.25, -0.2) is 14.0 Å².